The maximum absolute atomic E-state index is 6.21. The summed E-state index contributed by atoms with van der Waals surface area (Å²) in [5, 5.41) is 0. The first-order chi connectivity index (χ1) is 1.41. The summed E-state index contributed by atoms with van der Waals surface area (Å²) in [7, 11) is 0. The monoisotopic (exact) mass is 197 g/mol. The molecule has 0 unspecified atom stereocenters. The summed E-state index contributed by atoms with van der Waals surface area (Å²) in [5.41, 5.74) is 6.21. The number of hydrogen-bond acceptors (Lipinski definition) is 0. The smallest absolute Gasteiger partial charge is 0 e. The molecule has 3 heteroatoms. The summed E-state index contributed by atoms with van der Waals surface area (Å²) in [4.78, 5) is 0. The molecule has 0 aliphatic heterocycles. The minimum Gasteiger partial charge on any atom is -0.693 e. The molecule has 0 aromatic carbocycles. The molecule has 0 atom stereocenters. The Balaban J connectivity index is -0.00000000200. The van der Waals surface area contributed by atoms with Gasteiger partial charge in [0.25, 0.3) is 0 Å². The molecular weight excluding hydrogens is 177 g/mol. The normalized spacial score (nSPS) is 2.25. The number of nitrogens with one attached hydrogen (secondary N) is 1. The van der Waals surface area contributed by atoms with Gasteiger partial charge in [0.1, 0.15) is 0 Å². The number of nitrogens with two attached hydrogens (primary N) is 1. The molecule has 0 heterocycles. The van der Waals surface area contributed by atoms with Crippen molar-refractivity contribution in [1.82, 2.24) is 0 Å². The van der Waals surface area contributed by atoms with Crippen molar-refractivity contribution in [3.63, 3.8) is 0 Å². The Morgan fingerprint density at radius 3 is 1.12 bits per heavy atom. The Morgan fingerprint density at radius 2 is 1.12 bits per heavy atom. The van der Waals surface area contributed by atoms with Crippen molar-refractivity contribution in [3.8, 4) is 0 Å². The molecule has 0 saturated heterocycles. The van der Waals surface area contributed by atoms with Gasteiger partial charge in [0.2, 0.25) is 0 Å². The number of rotatable bonds is 0. The SMILES string of the molecule is C.C.C.CC[NH-].[NH2-].[Y]. The van der Waals surface area contributed by atoms with Crippen molar-refractivity contribution in [1.29, 1.82) is 0 Å². The molecule has 0 aliphatic rings. The standard InChI is InChI=1S/C2H6N.3CH4.H2N.Y/c1-2-3;;;;;/h3H,2H2,1H3;3*1H4;1H2;/q-1;;;;-1;. The van der Waals surface area contributed by atoms with Crippen molar-refractivity contribution in [2.75, 3.05) is 6.54 Å². The van der Waals surface area contributed by atoms with E-state index in [1.165, 1.54) is 0 Å². The van der Waals surface area contributed by atoms with E-state index in [1.54, 1.807) is 6.92 Å². The molecule has 0 amide bonds. The van der Waals surface area contributed by atoms with Crippen LogP contribution in [0.4, 0.5) is 0 Å². The van der Waals surface area contributed by atoms with Gasteiger partial charge in [0.05, 0.1) is 0 Å². The Labute approximate surface area is 80.1 Å². The summed E-state index contributed by atoms with van der Waals surface area (Å²) in [6, 6.07) is 0. The van der Waals surface area contributed by atoms with Crippen LogP contribution in [0.1, 0.15) is 29.2 Å². The van der Waals surface area contributed by atoms with E-state index in [-0.39, 0.29) is 61.1 Å². The van der Waals surface area contributed by atoms with Crippen LogP contribution in [0, 0.1) is 0 Å². The summed E-state index contributed by atoms with van der Waals surface area (Å²) in [6.45, 7) is 2.29. The van der Waals surface area contributed by atoms with Crippen LogP contribution in [-0.4, -0.2) is 6.54 Å². The van der Waals surface area contributed by atoms with Crippen LogP contribution in [0.2, 0.25) is 0 Å². The van der Waals surface area contributed by atoms with Gasteiger partial charge >= 0.3 is 0 Å². The molecule has 0 bridgehead atoms. The van der Waals surface area contributed by atoms with Gasteiger partial charge in [-0.1, -0.05) is 29.2 Å². The predicted molar refractivity (Wildman–Crippen MR) is 40.3 cm³/mol. The van der Waals surface area contributed by atoms with Gasteiger partial charge in [-0.05, 0) is 0 Å². The predicted octanol–water partition coefficient (Wildman–Crippen LogP) is 3.68. The average Bonchev–Trinajstić information content (AvgIpc) is 0.918. The molecule has 0 rings (SSSR count). The van der Waals surface area contributed by atoms with E-state index in [2.05, 4.69) is 0 Å². The van der Waals surface area contributed by atoms with Crippen molar-refractivity contribution >= 4 is 0 Å². The summed E-state index contributed by atoms with van der Waals surface area (Å²) in [5.74, 6) is 0. The van der Waals surface area contributed by atoms with E-state index >= 15 is 0 Å². The fourth-order valence-electron chi connectivity index (χ4n) is 0. The minimum atomic E-state index is 0. The number of hydrogen-bond donors (Lipinski definition) is 0. The zero-order chi connectivity index (χ0) is 2.71. The van der Waals surface area contributed by atoms with Gasteiger partial charge in [-0.15, -0.1) is 0 Å². The third kappa shape index (κ3) is 243. The van der Waals surface area contributed by atoms with E-state index in [0.29, 0.717) is 6.54 Å². The van der Waals surface area contributed by atoms with Crippen LogP contribution in [0.3, 0.4) is 0 Å². The summed E-state index contributed by atoms with van der Waals surface area (Å²) < 4.78 is 0. The van der Waals surface area contributed by atoms with Crippen LogP contribution in [0.15, 0.2) is 0 Å². The van der Waals surface area contributed by atoms with Crippen LogP contribution in [0.25, 0.3) is 11.9 Å². The Morgan fingerprint density at radius 1 is 1.12 bits per heavy atom. The summed E-state index contributed by atoms with van der Waals surface area (Å²) in [6.07, 6.45) is 0. The molecule has 0 aromatic rings. The van der Waals surface area contributed by atoms with Crippen LogP contribution >= 0.6 is 0 Å². The second-order valence-corrected chi connectivity index (χ2v) is 0.354. The first kappa shape index (κ1) is 63.5. The van der Waals surface area contributed by atoms with Crippen molar-refractivity contribution in [3.05, 3.63) is 11.9 Å². The average molecular weight is 197 g/mol. The van der Waals surface area contributed by atoms with Crippen LogP contribution in [-0.2, 0) is 32.7 Å². The molecule has 8 heavy (non-hydrogen) atoms. The van der Waals surface area contributed by atoms with E-state index in [9.17, 15) is 0 Å². The van der Waals surface area contributed by atoms with Gasteiger partial charge in [0, 0.05) is 32.7 Å². The van der Waals surface area contributed by atoms with Crippen molar-refractivity contribution in [2.45, 2.75) is 29.2 Å². The maximum atomic E-state index is 6.21. The van der Waals surface area contributed by atoms with Gasteiger partial charge < -0.3 is 11.9 Å². The van der Waals surface area contributed by atoms with Gasteiger partial charge in [-0.25, -0.2) is 0 Å². The summed E-state index contributed by atoms with van der Waals surface area (Å²) >= 11 is 0. The maximum Gasteiger partial charge on any atom is 0 e. The molecule has 1 radical (unpaired) electrons. The molecule has 0 spiro atoms. The third-order valence-corrected chi connectivity index (χ3v) is 0. The minimum absolute atomic E-state index is 0. The first-order valence-electron chi connectivity index (χ1n) is 1.06. The Hall–Kier alpha value is 1.02. The van der Waals surface area contributed by atoms with Gasteiger partial charge in [-0.3, -0.25) is 0 Å². The van der Waals surface area contributed by atoms with Crippen molar-refractivity contribution in [2.24, 2.45) is 0 Å². The Bertz CT molecular complexity index is 10.4. The zero-order valence-electron chi connectivity index (χ0n) is 3.36. The zero-order valence-corrected chi connectivity index (χ0v) is 6.20. The quantitative estimate of drug-likeness (QED) is 0.568. The molecule has 0 fully saturated rings. The molecular formula is C5H20N2Y-2. The second-order valence-electron chi connectivity index (χ2n) is 0.354. The van der Waals surface area contributed by atoms with E-state index in [0.717, 1.165) is 0 Å². The van der Waals surface area contributed by atoms with E-state index in [1.807, 2.05) is 0 Å². The van der Waals surface area contributed by atoms with E-state index < -0.39 is 0 Å². The fourth-order valence-corrected chi connectivity index (χ4v) is 0. The molecule has 2 nitrogen and oxygen atoms in total. The molecule has 0 saturated carbocycles. The molecule has 55 valence electrons. The topological polar surface area (TPSA) is 57.3 Å². The fraction of sp³-hybridized carbons (Fsp3) is 1.00. The molecule has 0 aliphatic carbocycles. The Kier molecular flexibility index (Phi) is 768. The van der Waals surface area contributed by atoms with Crippen LogP contribution < -0.4 is 0 Å². The van der Waals surface area contributed by atoms with E-state index in [4.69, 9.17) is 5.73 Å². The largest absolute Gasteiger partial charge is 0.693 e. The third-order valence-electron chi connectivity index (χ3n) is 0. The second kappa shape index (κ2) is 96.6. The van der Waals surface area contributed by atoms with Crippen LogP contribution in [0.5, 0.6) is 0 Å². The first-order valence-corrected chi connectivity index (χ1v) is 1.06. The van der Waals surface area contributed by atoms with Gasteiger partial charge in [0.15, 0.2) is 0 Å². The van der Waals surface area contributed by atoms with Crippen molar-refractivity contribution < 1.29 is 32.7 Å². The molecule has 3 N–H and O–H groups in total. The molecule has 0 aromatic heterocycles. The van der Waals surface area contributed by atoms with Gasteiger partial charge in [-0.2, -0.15) is 6.54 Å².